The number of alkyl halides is 1. The molecule has 2 nitrogen and oxygen atoms in total. The predicted molar refractivity (Wildman–Crippen MR) is 74.9 cm³/mol. The van der Waals surface area contributed by atoms with E-state index in [0.717, 1.165) is 30.8 Å². The fraction of sp³-hybridized carbons (Fsp3) is 0.571. The third-order valence-corrected chi connectivity index (χ3v) is 3.80. The Balaban J connectivity index is 1.98. The topological polar surface area (TPSA) is 18.5 Å². The summed E-state index contributed by atoms with van der Waals surface area (Å²) in [6.07, 6.45) is 1.78. The van der Waals surface area contributed by atoms with Crippen molar-refractivity contribution in [1.29, 1.82) is 0 Å². The van der Waals surface area contributed by atoms with Crippen molar-refractivity contribution in [1.82, 2.24) is 0 Å². The Labute approximate surface area is 118 Å². The predicted octanol–water partition coefficient (Wildman–Crippen LogP) is 4.20. The second kappa shape index (κ2) is 6.14. The summed E-state index contributed by atoms with van der Waals surface area (Å²) in [6, 6.07) is 5.76. The van der Waals surface area contributed by atoms with Gasteiger partial charge in [0.15, 0.2) is 0 Å². The molecule has 0 aliphatic heterocycles. The first-order chi connectivity index (χ1) is 8.61. The SMILES string of the molecule is CCCOC1C(Cl)CC1Oc1cc(C)ccc1Cl. The van der Waals surface area contributed by atoms with Crippen molar-refractivity contribution >= 4 is 23.2 Å². The van der Waals surface area contributed by atoms with Crippen LogP contribution in [0.4, 0.5) is 0 Å². The van der Waals surface area contributed by atoms with Crippen molar-refractivity contribution in [3.05, 3.63) is 28.8 Å². The van der Waals surface area contributed by atoms with Crippen LogP contribution in [0.1, 0.15) is 25.3 Å². The molecule has 0 saturated heterocycles. The molecule has 4 heteroatoms. The zero-order valence-electron chi connectivity index (χ0n) is 10.7. The Kier molecular flexibility index (Phi) is 4.77. The molecule has 1 fully saturated rings. The van der Waals surface area contributed by atoms with E-state index < -0.39 is 0 Å². The standard InChI is InChI=1S/C14H18Cl2O2/c1-3-6-17-14-11(16)8-13(14)18-12-7-9(2)4-5-10(12)15/h4-5,7,11,13-14H,3,6,8H2,1-2H3. The van der Waals surface area contributed by atoms with Crippen LogP contribution in [0.5, 0.6) is 5.75 Å². The molecule has 1 aliphatic carbocycles. The van der Waals surface area contributed by atoms with Gasteiger partial charge in [0.05, 0.1) is 10.4 Å². The summed E-state index contributed by atoms with van der Waals surface area (Å²) in [6.45, 7) is 4.81. The van der Waals surface area contributed by atoms with E-state index in [2.05, 4.69) is 6.92 Å². The van der Waals surface area contributed by atoms with Crippen LogP contribution in [0.3, 0.4) is 0 Å². The van der Waals surface area contributed by atoms with Crippen LogP contribution in [0.2, 0.25) is 5.02 Å². The Morgan fingerprint density at radius 2 is 2.17 bits per heavy atom. The molecule has 1 aromatic rings. The van der Waals surface area contributed by atoms with Crippen LogP contribution >= 0.6 is 23.2 Å². The normalized spacial score (nSPS) is 26.8. The van der Waals surface area contributed by atoms with Crippen LogP contribution in [0.25, 0.3) is 0 Å². The fourth-order valence-electron chi connectivity index (χ4n) is 1.97. The molecule has 0 aromatic heterocycles. The van der Waals surface area contributed by atoms with Gasteiger partial charge in [-0.25, -0.2) is 0 Å². The molecule has 2 rings (SSSR count). The molecule has 1 saturated carbocycles. The third-order valence-electron chi connectivity index (χ3n) is 3.06. The van der Waals surface area contributed by atoms with Gasteiger partial charge in [-0.1, -0.05) is 24.6 Å². The summed E-state index contributed by atoms with van der Waals surface area (Å²) in [5.74, 6) is 0.718. The van der Waals surface area contributed by atoms with Gasteiger partial charge in [-0.15, -0.1) is 11.6 Å². The summed E-state index contributed by atoms with van der Waals surface area (Å²) in [5, 5.41) is 0.679. The highest BCUT2D eigenvalue weighted by Gasteiger charge is 2.42. The Bertz CT molecular complexity index is 409. The van der Waals surface area contributed by atoms with Crippen LogP contribution in [-0.2, 0) is 4.74 Å². The molecule has 100 valence electrons. The number of ether oxygens (including phenoxy) is 2. The van der Waals surface area contributed by atoms with Crippen LogP contribution in [-0.4, -0.2) is 24.2 Å². The van der Waals surface area contributed by atoms with Crippen molar-refractivity contribution in [3.63, 3.8) is 0 Å². The molecular formula is C14H18Cl2O2. The first kappa shape index (κ1) is 14.0. The molecule has 0 N–H and O–H groups in total. The lowest BCUT2D eigenvalue weighted by Crippen LogP contribution is -2.52. The van der Waals surface area contributed by atoms with Crippen molar-refractivity contribution in [2.24, 2.45) is 0 Å². The smallest absolute Gasteiger partial charge is 0.138 e. The van der Waals surface area contributed by atoms with Crippen molar-refractivity contribution < 1.29 is 9.47 Å². The van der Waals surface area contributed by atoms with E-state index in [0.29, 0.717) is 5.02 Å². The lowest BCUT2D eigenvalue weighted by Gasteiger charge is -2.40. The number of hydrogen-bond donors (Lipinski definition) is 0. The van der Waals surface area contributed by atoms with E-state index in [-0.39, 0.29) is 17.6 Å². The molecule has 0 heterocycles. The van der Waals surface area contributed by atoms with Gasteiger partial charge in [-0.3, -0.25) is 0 Å². The van der Waals surface area contributed by atoms with Crippen molar-refractivity contribution in [2.75, 3.05) is 6.61 Å². The van der Waals surface area contributed by atoms with E-state index in [1.165, 1.54) is 0 Å². The zero-order valence-corrected chi connectivity index (χ0v) is 12.2. The van der Waals surface area contributed by atoms with Crippen LogP contribution < -0.4 is 4.74 Å². The second-order valence-corrected chi connectivity index (χ2v) is 5.65. The quantitative estimate of drug-likeness (QED) is 0.756. The highest BCUT2D eigenvalue weighted by molar-refractivity contribution is 6.32. The van der Waals surface area contributed by atoms with E-state index in [1.807, 2.05) is 25.1 Å². The molecule has 1 aromatic carbocycles. The van der Waals surface area contributed by atoms with Gasteiger partial charge in [0.2, 0.25) is 0 Å². The number of benzene rings is 1. The highest BCUT2D eigenvalue weighted by atomic mass is 35.5. The first-order valence-electron chi connectivity index (χ1n) is 6.30. The summed E-state index contributed by atoms with van der Waals surface area (Å²) in [5.41, 5.74) is 1.13. The van der Waals surface area contributed by atoms with E-state index in [4.69, 9.17) is 32.7 Å². The van der Waals surface area contributed by atoms with Crippen molar-refractivity contribution in [3.8, 4) is 5.75 Å². The second-order valence-electron chi connectivity index (χ2n) is 4.68. The van der Waals surface area contributed by atoms with Crippen LogP contribution in [0, 0.1) is 6.92 Å². The average Bonchev–Trinajstić information content (AvgIpc) is 2.33. The zero-order chi connectivity index (χ0) is 13.1. The van der Waals surface area contributed by atoms with Gasteiger partial charge >= 0.3 is 0 Å². The number of rotatable bonds is 5. The van der Waals surface area contributed by atoms with Gasteiger partial charge < -0.3 is 9.47 Å². The Morgan fingerprint density at radius 1 is 1.39 bits per heavy atom. The van der Waals surface area contributed by atoms with Gasteiger partial charge in [-0.05, 0) is 31.0 Å². The minimum atomic E-state index is -0.0248. The molecule has 0 radical (unpaired) electrons. The molecule has 0 amide bonds. The van der Waals surface area contributed by atoms with E-state index in [1.54, 1.807) is 0 Å². The fourth-order valence-corrected chi connectivity index (χ4v) is 2.54. The van der Waals surface area contributed by atoms with Gasteiger partial charge in [-0.2, -0.15) is 0 Å². The highest BCUT2D eigenvalue weighted by Crippen LogP contribution is 2.35. The van der Waals surface area contributed by atoms with E-state index in [9.17, 15) is 0 Å². The lowest BCUT2D eigenvalue weighted by molar-refractivity contribution is -0.0797. The first-order valence-corrected chi connectivity index (χ1v) is 7.11. The summed E-state index contributed by atoms with van der Waals surface area (Å²) in [7, 11) is 0. The molecule has 3 atom stereocenters. The largest absolute Gasteiger partial charge is 0.486 e. The van der Waals surface area contributed by atoms with Gasteiger partial charge in [0, 0.05) is 13.0 Å². The maximum Gasteiger partial charge on any atom is 0.138 e. The molecule has 18 heavy (non-hydrogen) atoms. The summed E-state index contributed by atoms with van der Waals surface area (Å²) < 4.78 is 11.6. The molecule has 0 bridgehead atoms. The number of hydrogen-bond acceptors (Lipinski definition) is 2. The minimum Gasteiger partial charge on any atom is -0.486 e. The number of halogens is 2. The Morgan fingerprint density at radius 3 is 2.83 bits per heavy atom. The Hall–Kier alpha value is -0.440. The summed E-state index contributed by atoms with van der Waals surface area (Å²) >= 11 is 12.3. The average molecular weight is 289 g/mol. The van der Waals surface area contributed by atoms with Crippen LogP contribution in [0.15, 0.2) is 18.2 Å². The lowest BCUT2D eigenvalue weighted by atomic mass is 9.91. The maximum atomic E-state index is 6.14. The summed E-state index contributed by atoms with van der Waals surface area (Å²) in [4.78, 5) is 0. The molecule has 0 spiro atoms. The van der Waals surface area contributed by atoms with E-state index >= 15 is 0 Å². The maximum absolute atomic E-state index is 6.14. The van der Waals surface area contributed by atoms with Gasteiger partial charge in [0.1, 0.15) is 18.0 Å². The monoisotopic (exact) mass is 288 g/mol. The van der Waals surface area contributed by atoms with Crippen molar-refractivity contribution in [2.45, 2.75) is 44.3 Å². The third kappa shape index (κ3) is 3.11. The molecular weight excluding hydrogens is 271 g/mol. The molecule has 3 unspecified atom stereocenters. The minimum absolute atomic E-state index is 0.0124. The van der Waals surface area contributed by atoms with Gasteiger partial charge in [0.25, 0.3) is 0 Å². The molecule has 1 aliphatic rings. The number of aryl methyl sites for hydroxylation is 1.